The minimum Gasteiger partial charge on any atom is -0.462 e. The molecule has 1 heterocycles. The Morgan fingerprint density at radius 2 is 2.16 bits per heavy atom. The number of nitrogens with zero attached hydrogens (tertiary/aromatic N) is 2. The van der Waals surface area contributed by atoms with Gasteiger partial charge in [0.25, 0.3) is 5.56 Å². The summed E-state index contributed by atoms with van der Waals surface area (Å²) >= 11 is 0.972. The van der Waals surface area contributed by atoms with Crippen molar-refractivity contribution >= 4 is 34.8 Å². The summed E-state index contributed by atoms with van der Waals surface area (Å²) in [6, 6.07) is 7.84. The van der Waals surface area contributed by atoms with E-state index < -0.39 is 11.8 Å². The monoisotopic (exact) mass is 361 g/mol. The predicted molar refractivity (Wildman–Crippen MR) is 93.6 cm³/mol. The molecule has 0 aliphatic heterocycles. The van der Waals surface area contributed by atoms with Crippen molar-refractivity contribution in [3.8, 4) is 6.07 Å². The molecule has 25 heavy (non-hydrogen) atoms. The summed E-state index contributed by atoms with van der Waals surface area (Å²) in [6.45, 7) is 3.76. The maximum absolute atomic E-state index is 13.6. The van der Waals surface area contributed by atoms with Crippen LogP contribution in [0.3, 0.4) is 0 Å². The normalized spacial score (nSPS) is 12.5. The molecule has 0 bridgehead atoms. The van der Waals surface area contributed by atoms with Gasteiger partial charge in [0.1, 0.15) is 21.1 Å². The van der Waals surface area contributed by atoms with Gasteiger partial charge in [-0.15, -0.1) is 11.3 Å². The lowest BCUT2D eigenvalue weighted by Gasteiger charge is -2.00. The zero-order chi connectivity index (χ0) is 18.4. The van der Waals surface area contributed by atoms with Crippen molar-refractivity contribution in [1.29, 1.82) is 5.26 Å². The first kappa shape index (κ1) is 18.4. The molecule has 2 aromatic rings. The number of aromatic nitrogens is 1. The van der Waals surface area contributed by atoms with Crippen molar-refractivity contribution in [3.63, 3.8) is 0 Å². The van der Waals surface area contributed by atoms with Gasteiger partial charge in [0.05, 0.1) is 12.3 Å². The molecule has 0 amide bonds. The Labute approximate surface area is 147 Å². The molecule has 6 nitrogen and oxygen atoms in total. The van der Waals surface area contributed by atoms with Crippen molar-refractivity contribution in [2.24, 2.45) is 0 Å². The van der Waals surface area contributed by atoms with Gasteiger partial charge in [0.2, 0.25) is 0 Å². The molecule has 0 unspecified atom stereocenters. The topological polar surface area (TPSA) is 84.1 Å². The molecular weight excluding hydrogens is 345 g/mol. The highest BCUT2D eigenvalue weighted by Crippen LogP contribution is 2.11. The molecule has 1 aromatic heterocycles. The van der Waals surface area contributed by atoms with Gasteiger partial charge >= 0.3 is 5.97 Å². The average Bonchev–Trinajstić information content (AvgIpc) is 2.91. The molecule has 0 atom stereocenters. The zero-order valence-electron chi connectivity index (χ0n) is 13.7. The van der Waals surface area contributed by atoms with Crippen LogP contribution in [0.1, 0.15) is 13.8 Å². The molecular formula is C17H16FN3O3S. The fourth-order valence-electron chi connectivity index (χ4n) is 2.10. The fraction of sp³-hybridized carbons (Fsp3) is 0.235. The smallest absolute Gasteiger partial charge is 0.351 e. The number of carbonyl (C=O) groups excluding carboxylic acids is 1. The van der Waals surface area contributed by atoms with Crippen LogP contribution in [0.2, 0.25) is 0 Å². The Kier molecular flexibility index (Phi) is 6.08. The summed E-state index contributed by atoms with van der Waals surface area (Å²) in [5, 5.41) is 12.0. The van der Waals surface area contributed by atoms with Crippen LogP contribution in [0, 0.1) is 17.1 Å². The number of carbonyl (C=O) groups is 1. The number of hydrogen-bond donors (Lipinski definition) is 1. The van der Waals surface area contributed by atoms with Gasteiger partial charge in [0, 0.05) is 12.7 Å². The highest BCUT2D eigenvalue weighted by molar-refractivity contribution is 7.07. The number of nitriles is 1. The summed E-state index contributed by atoms with van der Waals surface area (Å²) in [6.07, 6.45) is 1.36. The van der Waals surface area contributed by atoms with E-state index in [1.165, 1.54) is 22.9 Å². The molecule has 1 aromatic carbocycles. The summed E-state index contributed by atoms with van der Waals surface area (Å²) in [4.78, 5) is 24.4. The highest BCUT2D eigenvalue weighted by atomic mass is 32.1. The first-order valence-electron chi connectivity index (χ1n) is 7.55. The molecule has 0 spiro atoms. The number of benzene rings is 1. The summed E-state index contributed by atoms with van der Waals surface area (Å²) in [5.74, 6) is -1.23. The summed E-state index contributed by atoms with van der Waals surface area (Å²) < 4.78 is 20.3. The fourth-order valence-corrected chi connectivity index (χ4v) is 3.18. The Morgan fingerprint density at radius 3 is 2.76 bits per heavy atom. The number of hydrogen-bond acceptors (Lipinski definition) is 6. The molecule has 0 radical (unpaired) electrons. The van der Waals surface area contributed by atoms with E-state index in [1.54, 1.807) is 32.0 Å². The van der Waals surface area contributed by atoms with Crippen LogP contribution in [-0.2, 0) is 16.1 Å². The standard InChI is InChI=1S/C17H16FN3O3S/c1-3-21-15(22)14(10-20-13-8-6-5-7-12(13)18)25-16(21)11(9-19)17(23)24-4-2/h5-8,10,20H,3-4H2,1-2H3. The van der Waals surface area contributed by atoms with Crippen LogP contribution < -0.4 is 20.1 Å². The Balaban J connectivity index is 2.60. The van der Waals surface area contributed by atoms with E-state index in [9.17, 15) is 19.2 Å². The van der Waals surface area contributed by atoms with E-state index in [0.717, 1.165) is 11.3 Å². The number of thiazole rings is 1. The van der Waals surface area contributed by atoms with Crippen molar-refractivity contribution in [3.05, 3.63) is 49.6 Å². The van der Waals surface area contributed by atoms with Crippen molar-refractivity contribution in [1.82, 2.24) is 4.57 Å². The van der Waals surface area contributed by atoms with Crippen LogP contribution in [0.15, 0.2) is 29.1 Å². The number of nitrogens with one attached hydrogen (secondary N) is 1. The maximum atomic E-state index is 13.6. The third kappa shape index (κ3) is 3.95. The lowest BCUT2D eigenvalue weighted by atomic mass is 10.3. The van der Waals surface area contributed by atoms with E-state index in [4.69, 9.17) is 4.74 Å². The van der Waals surface area contributed by atoms with Crippen LogP contribution >= 0.6 is 11.3 Å². The second kappa shape index (κ2) is 8.26. The first-order valence-corrected chi connectivity index (χ1v) is 8.37. The molecule has 2 rings (SSSR count). The zero-order valence-corrected chi connectivity index (χ0v) is 14.5. The molecule has 0 fully saturated rings. The van der Waals surface area contributed by atoms with E-state index in [0.29, 0.717) is 0 Å². The molecule has 0 saturated carbocycles. The Morgan fingerprint density at radius 1 is 1.44 bits per heavy atom. The quantitative estimate of drug-likeness (QED) is 0.808. The number of rotatable bonds is 5. The third-order valence-electron chi connectivity index (χ3n) is 3.26. The first-order chi connectivity index (χ1) is 12.0. The molecule has 0 aliphatic carbocycles. The second-order valence-corrected chi connectivity index (χ2v) is 5.83. The van der Waals surface area contributed by atoms with E-state index in [1.807, 2.05) is 0 Å². The molecule has 1 N–H and O–H groups in total. The minimum atomic E-state index is -0.776. The molecule has 0 saturated heterocycles. The van der Waals surface area contributed by atoms with Crippen LogP contribution in [-0.4, -0.2) is 17.1 Å². The molecule has 130 valence electrons. The second-order valence-electron chi connectivity index (χ2n) is 4.80. The van der Waals surface area contributed by atoms with Gasteiger partial charge in [0.15, 0.2) is 5.57 Å². The van der Waals surface area contributed by atoms with Gasteiger partial charge in [-0.2, -0.15) is 5.26 Å². The number of anilines is 1. The number of esters is 1. The summed E-state index contributed by atoms with van der Waals surface area (Å²) in [5.41, 5.74) is -0.380. The molecule has 0 aliphatic rings. The maximum Gasteiger partial charge on any atom is 0.351 e. The van der Waals surface area contributed by atoms with E-state index >= 15 is 0 Å². The predicted octanol–water partition coefficient (Wildman–Crippen LogP) is 1.16. The van der Waals surface area contributed by atoms with Crippen LogP contribution in [0.25, 0.3) is 11.8 Å². The SMILES string of the molecule is CCOC(=O)C(C#N)=c1sc(=CNc2ccccc2F)c(=O)n1CC. The van der Waals surface area contributed by atoms with Crippen molar-refractivity contribution in [2.75, 3.05) is 11.9 Å². The lowest BCUT2D eigenvalue weighted by Crippen LogP contribution is -2.32. The van der Waals surface area contributed by atoms with Crippen LogP contribution in [0.5, 0.6) is 0 Å². The van der Waals surface area contributed by atoms with Crippen molar-refractivity contribution < 1.29 is 13.9 Å². The number of halogens is 1. The number of para-hydroxylation sites is 1. The van der Waals surface area contributed by atoms with Gasteiger partial charge < -0.3 is 10.1 Å². The van der Waals surface area contributed by atoms with Gasteiger partial charge in [-0.1, -0.05) is 12.1 Å². The summed E-state index contributed by atoms with van der Waals surface area (Å²) in [7, 11) is 0. The lowest BCUT2D eigenvalue weighted by molar-refractivity contribution is -0.136. The molecule has 8 heteroatoms. The highest BCUT2D eigenvalue weighted by Gasteiger charge is 2.16. The van der Waals surface area contributed by atoms with Crippen LogP contribution in [0.4, 0.5) is 10.1 Å². The Hall–Kier alpha value is -2.92. The Bertz CT molecular complexity index is 1000. The van der Waals surface area contributed by atoms with E-state index in [2.05, 4.69) is 5.32 Å². The minimum absolute atomic E-state index is 0.125. The van der Waals surface area contributed by atoms with E-state index in [-0.39, 0.29) is 39.2 Å². The van der Waals surface area contributed by atoms with Gasteiger partial charge in [-0.3, -0.25) is 9.36 Å². The van der Waals surface area contributed by atoms with Gasteiger partial charge in [-0.25, -0.2) is 9.18 Å². The number of ether oxygens (including phenoxy) is 1. The third-order valence-corrected chi connectivity index (χ3v) is 4.39. The van der Waals surface area contributed by atoms with Gasteiger partial charge in [-0.05, 0) is 26.0 Å². The van der Waals surface area contributed by atoms with Crippen molar-refractivity contribution in [2.45, 2.75) is 20.4 Å². The largest absolute Gasteiger partial charge is 0.462 e. The average molecular weight is 361 g/mol.